The number of anilines is 1. The van der Waals surface area contributed by atoms with Gasteiger partial charge in [-0.2, -0.15) is 0 Å². The molecular formula is C11H15ClN2O3. The lowest BCUT2D eigenvalue weighted by Gasteiger charge is -2.14. The lowest BCUT2D eigenvalue weighted by atomic mass is 10.2. The van der Waals surface area contributed by atoms with Crippen LogP contribution >= 0.6 is 11.6 Å². The number of nitrogens with one attached hydrogen (secondary N) is 1. The minimum Gasteiger partial charge on any atom is -0.495 e. The van der Waals surface area contributed by atoms with Crippen LogP contribution in [0.3, 0.4) is 0 Å². The smallest absolute Gasteiger partial charge is 0.241 e. The molecule has 0 fully saturated rings. The van der Waals surface area contributed by atoms with E-state index in [1.54, 1.807) is 19.1 Å². The molecular weight excluding hydrogens is 244 g/mol. The van der Waals surface area contributed by atoms with Crippen molar-refractivity contribution >= 4 is 23.2 Å². The number of hydrogen-bond acceptors (Lipinski definition) is 4. The number of ether oxygens (including phenoxy) is 2. The van der Waals surface area contributed by atoms with Crippen molar-refractivity contribution in [3.63, 3.8) is 0 Å². The zero-order chi connectivity index (χ0) is 13.0. The number of rotatable bonds is 4. The lowest BCUT2D eigenvalue weighted by molar-refractivity contribution is -0.117. The Morgan fingerprint density at radius 2 is 1.94 bits per heavy atom. The number of amides is 1. The first-order valence-electron chi connectivity index (χ1n) is 4.97. The summed E-state index contributed by atoms with van der Waals surface area (Å²) in [6.45, 7) is 1.59. The van der Waals surface area contributed by atoms with E-state index < -0.39 is 6.04 Å². The molecule has 3 N–H and O–H groups in total. The highest BCUT2D eigenvalue weighted by Crippen LogP contribution is 2.35. The molecule has 0 aliphatic rings. The fourth-order valence-electron chi connectivity index (χ4n) is 1.20. The molecule has 1 aromatic carbocycles. The van der Waals surface area contributed by atoms with Crippen LogP contribution in [0.4, 0.5) is 5.69 Å². The molecule has 1 aromatic rings. The third kappa shape index (κ3) is 3.25. The maximum atomic E-state index is 11.5. The van der Waals surface area contributed by atoms with Crippen LogP contribution in [-0.4, -0.2) is 26.2 Å². The van der Waals surface area contributed by atoms with Crippen molar-refractivity contribution in [3.8, 4) is 11.5 Å². The van der Waals surface area contributed by atoms with Crippen LogP contribution in [0.25, 0.3) is 0 Å². The first-order valence-corrected chi connectivity index (χ1v) is 5.35. The average Bonchev–Trinajstić information content (AvgIpc) is 2.29. The summed E-state index contributed by atoms with van der Waals surface area (Å²) in [5, 5.41) is 3.01. The molecule has 0 aliphatic heterocycles. The van der Waals surface area contributed by atoms with Gasteiger partial charge in [-0.25, -0.2) is 0 Å². The third-order valence-corrected chi connectivity index (χ3v) is 2.44. The van der Waals surface area contributed by atoms with Crippen molar-refractivity contribution in [2.75, 3.05) is 19.5 Å². The van der Waals surface area contributed by atoms with E-state index in [-0.39, 0.29) is 5.91 Å². The van der Waals surface area contributed by atoms with E-state index in [0.29, 0.717) is 22.2 Å². The SMILES string of the molecule is COc1cc(OC)c(NC(=O)[C@H](C)N)cc1Cl. The van der Waals surface area contributed by atoms with E-state index in [1.807, 2.05) is 0 Å². The van der Waals surface area contributed by atoms with Crippen LogP contribution in [-0.2, 0) is 4.79 Å². The predicted molar refractivity (Wildman–Crippen MR) is 66.8 cm³/mol. The highest BCUT2D eigenvalue weighted by atomic mass is 35.5. The molecule has 0 unspecified atom stereocenters. The molecule has 6 heteroatoms. The molecule has 0 heterocycles. The molecule has 0 aliphatic carbocycles. The van der Waals surface area contributed by atoms with Crippen molar-refractivity contribution in [2.45, 2.75) is 13.0 Å². The Morgan fingerprint density at radius 3 is 2.41 bits per heavy atom. The van der Waals surface area contributed by atoms with Crippen LogP contribution in [0.5, 0.6) is 11.5 Å². The minimum atomic E-state index is -0.611. The fraction of sp³-hybridized carbons (Fsp3) is 0.364. The van der Waals surface area contributed by atoms with Gasteiger partial charge in [-0.3, -0.25) is 4.79 Å². The van der Waals surface area contributed by atoms with E-state index >= 15 is 0 Å². The van der Waals surface area contributed by atoms with Gasteiger partial charge in [-0.05, 0) is 13.0 Å². The highest BCUT2D eigenvalue weighted by Gasteiger charge is 2.14. The number of carbonyl (C=O) groups excluding carboxylic acids is 1. The van der Waals surface area contributed by atoms with E-state index in [2.05, 4.69) is 5.32 Å². The summed E-state index contributed by atoms with van der Waals surface area (Å²) in [4.78, 5) is 11.5. The third-order valence-electron chi connectivity index (χ3n) is 2.15. The molecule has 0 aromatic heterocycles. The topological polar surface area (TPSA) is 73.6 Å². The van der Waals surface area contributed by atoms with Gasteiger partial charge in [0.15, 0.2) is 0 Å². The van der Waals surface area contributed by atoms with Crippen molar-refractivity contribution in [1.29, 1.82) is 0 Å². The lowest BCUT2D eigenvalue weighted by Crippen LogP contribution is -2.32. The van der Waals surface area contributed by atoms with Gasteiger partial charge in [0.2, 0.25) is 5.91 Å². The monoisotopic (exact) mass is 258 g/mol. The summed E-state index contributed by atoms with van der Waals surface area (Å²) in [5.41, 5.74) is 5.92. The highest BCUT2D eigenvalue weighted by molar-refractivity contribution is 6.32. The van der Waals surface area contributed by atoms with Gasteiger partial charge in [0.25, 0.3) is 0 Å². The standard InChI is InChI=1S/C11H15ClN2O3/c1-6(13)11(15)14-8-4-7(12)9(16-2)5-10(8)17-3/h4-6H,13H2,1-3H3,(H,14,15)/t6-/m0/s1. The summed E-state index contributed by atoms with van der Waals surface area (Å²) >= 11 is 5.96. The quantitative estimate of drug-likeness (QED) is 0.861. The normalized spacial score (nSPS) is 11.8. The van der Waals surface area contributed by atoms with Crippen LogP contribution in [0, 0.1) is 0 Å². The molecule has 1 rings (SSSR count). The van der Waals surface area contributed by atoms with Gasteiger partial charge < -0.3 is 20.5 Å². The predicted octanol–water partition coefficient (Wildman–Crippen LogP) is 1.64. The van der Waals surface area contributed by atoms with Gasteiger partial charge in [0, 0.05) is 6.07 Å². The van der Waals surface area contributed by atoms with Gasteiger partial charge >= 0.3 is 0 Å². The number of benzene rings is 1. The van der Waals surface area contributed by atoms with Gasteiger partial charge in [-0.1, -0.05) is 11.6 Å². The second-order valence-corrected chi connectivity index (χ2v) is 3.87. The van der Waals surface area contributed by atoms with Crippen molar-refractivity contribution in [3.05, 3.63) is 17.2 Å². The van der Waals surface area contributed by atoms with E-state index in [0.717, 1.165) is 0 Å². The van der Waals surface area contributed by atoms with Gasteiger partial charge in [0.1, 0.15) is 11.5 Å². The molecule has 0 bridgehead atoms. The Morgan fingerprint density at radius 1 is 1.35 bits per heavy atom. The summed E-state index contributed by atoms with van der Waals surface area (Å²) in [7, 11) is 2.99. The summed E-state index contributed by atoms with van der Waals surface area (Å²) in [5.74, 6) is 0.618. The molecule has 0 saturated carbocycles. The Labute approximate surface area is 105 Å². The van der Waals surface area contributed by atoms with E-state index in [4.69, 9.17) is 26.8 Å². The van der Waals surface area contributed by atoms with Crippen molar-refractivity contribution in [1.82, 2.24) is 0 Å². The minimum absolute atomic E-state index is 0.315. The second kappa shape index (κ2) is 5.75. The summed E-state index contributed by atoms with van der Waals surface area (Å²) in [6.07, 6.45) is 0. The molecule has 5 nitrogen and oxygen atoms in total. The zero-order valence-corrected chi connectivity index (χ0v) is 10.7. The van der Waals surface area contributed by atoms with E-state index in [1.165, 1.54) is 14.2 Å². The first kappa shape index (κ1) is 13.6. The van der Waals surface area contributed by atoms with Crippen LogP contribution in [0.15, 0.2) is 12.1 Å². The molecule has 1 amide bonds. The number of carbonyl (C=O) groups is 1. The Balaban J connectivity index is 3.06. The van der Waals surface area contributed by atoms with Crippen molar-refractivity contribution < 1.29 is 14.3 Å². The molecule has 0 radical (unpaired) electrons. The number of methoxy groups -OCH3 is 2. The first-order chi connectivity index (χ1) is 7.99. The largest absolute Gasteiger partial charge is 0.495 e. The summed E-state index contributed by atoms with van der Waals surface area (Å²) in [6, 6.07) is 2.54. The maximum absolute atomic E-state index is 11.5. The van der Waals surface area contributed by atoms with Gasteiger partial charge in [-0.15, -0.1) is 0 Å². The second-order valence-electron chi connectivity index (χ2n) is 3.46. The Bertz CT molecular complexity index is 421. The van der Waals surface area contributed by atoms with Crippen molar-refractivity contribution in [2.24, 2.45) is 5.73 Å². The van der Waals surface area contributed by atoms with Crippen LogP contribution < -0.4 is 20.5 Å². The molecule has 17 heavy (non-hydrogen) atoms. The molecule has 94 valence electrons. The van der Waals surface area contributed by atoms with Crippen LogP contribution in [0.2, 0.25) is 5.02 Å². The number of halogens is 1. The van der Waals surface area contributed by atoms with Crippen LogP contribution in [0.1, 0.15) is 6.92 Å². The number of nitrogens with two attached hydrogens (primary N) is 1. The molecule has 0 saturated heterocycles. The molecule has 0 spiro atoms. The Hall–Kier alpha value is -1.46. The zero-order valence-electron chi connectivity index (χ0n) is 9.91. The fourth-order valence-corrected chi connectivity index (χ4v) is 1.45. The number of hydrogen-bond donors (Lipinski definition) is 2. The van der Waals surface area contributed by atoms with Gasteiger partial charge in [0.05, 0.1) is 31.0 Å². The van der Waals surface area contributed by atoms with E-state index in [9.17, 15) is 4.79 Å². The summed E-state index contributed by atoms with van der Waals surface area (Å²) < 4.78 is 10.2. The Kier molecular flexibility index (Phi) is 4.60. The average molecular weight is 259 g/mol. The maximum Gasteiger partial charge on any atom is 0.241 e. The molecule has 1 atom stereocenters.